The zero-order valence-electron chi connectivity index (χ0n) is 29.7. The number of alkyl carbamates (subject to hydrolysis) is 1. The molecule has 266 valence electrons. The van der Waals surface area contributed by atoms with Gasteiger partial charge in [0.1, 0.15) is 18.2 Å². The third-order valence-corrected chi connectivity index (χ3v) is 9.45. The van der Waals surface area contributed by atoms with Gasteiger partial charge in [-0.3, -0.25) is 4.79 Å². The molecule has 1 aliphatic rings. The Morgan fingerprint density at radius 1 is 0.712 bits per heavy atom. The molecular weight excluding hydrogens is 674 g/mol. The quantitative estimate of drug-likeness (QED) is 0.0833. The van der Waals surface area contributed by atoms with Crippen molar-refractivity contribution >= 4 is 29.6 Å². The van der Waals surface area contributed by atoms with E-state index in [4.69, 9.17) is 25.8 Å². The molecule has 0 saturated heterocycles. The minimum atomic E-state index is -1.41. The summed E-state index contributed by atoms with van der Waals surface area (Å²) in [6.07, 6.45) is -1.11. The van der Waals surface area contributed by atoms with Crippen LogP contribution in [-0.2, 0) is 29.4 Å². The van der Waals surface area contributed by atoms with Gasteiger partial charge in [-0.15, -0.1) is 0 Å². The molecule has 0 aliphatic heterocycles. The van der Waals surface area contributed by atoms with E-state index in [0.717, 1.165) is 27.8 Å². The van der Waals surface area contributed by atoms with Crippen LogP contribution in [0.4, 0.5) is 4.79 Å². The summed E-state index contributed by atoms with van der Waals surface area (Å²) in [5, 5.41) is 3.09. The zero-order valence-corrected chi connectivity index (χ0v) is 30.5. The first-order chi connectivity index (χ1) is 25.0. The Kier molecular flexibility index (Phi) is 10.8. The maximum Gasteiger partial charge on any atom is 0.407 e. The second-order valence-electron chi connectivity index (χ2n) is 14.0. The van der Waals surface area contributed by atoms with Gasteiger partial charge in [0.15, 0.2) is 5.60 Å². The number of halogens is 1. The number of benzene rings is 5. The Labute approximate surface area is 309 Å². The summed E-state index contributed by atoms with van der Waals surface area (Å²) >= 11 is 6.83. The van der Waals surface area contributed by atoms with Gasteiger partial charge < -0.3 is 19.5 Å². The van der Waals surface area contributed by atoms with E-state index in [1.165, 1.54) is 0 Å². The fourth-order valence-electron chi connectivity index (χ4n) is 6.75. The Morgan fingerprint density at radius 3 is 1.88 bits per heavy atom. The van der Waals surface area contributed by atoms with Crippen molar-refractivity contribution in [2.45, 2.75) is 63.7 Å². The number of hydrogen-bond acceptors (Lipinski definition) is 6. The van der Waals surface area contributed by atoms with Crippen LogP contribution in [0.2, 0.25) is 5.02 Å². The second-order valence-corrected chi connectivity index (χ2v) is 14.4. The molecule has 0 fully saturated rings. The molecule has 1 unspecified atom stereocenters. The first-order valence-electron chi connectivity index (χ1n) is 17.4. The van der Waals surface area contributed by atoms with Crippen LogP contribution in [0.25, 0.3) is 11.1 Å². The molecular formula is C44H42ClNO6. The van der Waals surface area contributed by atoms with Crippen molar-refractivity contribution in [2.24, 2.45) is 0 Å². The lowest BCUT2D eigenvalue weighted by Gasteiger charge is -2.36. The lowest BCUT2D eigenvalue weighted by molar-refractivity contribution is -0.158. The van der Waals surface area contributed by atoms with Crippen LogP contribution in [0.15, 0.2) is 127 Å². The summed E-state index contributed by atoms with van der Waals surface area (Å²) in [5.74, 6) is -1.45. The van der Waals surface area contributed by atoms with E-state index in [2.05, 4.69) is 17.4 Å². The lowest BCUT2D eigenvalue weighted by atomic mass is 9.79. The molecule has 1 amide bonds. The molecule has 1 N–H and O–H groups in total. The van der Waals surface area contributed by atoms with Crippen LogP contribution < -0.4 is 5.32 Å². The topological polar surface area (TPSA) is 90.9 Å². The van der Waals surface area contributed by atoms with Crippen LogP contribution in [-0.4, -0.2) is 36.3 Å². The van der Waals surface area contributed by atoms with Gasteiger partial charge in [-0.25, -0.2) is 9.59 Å². The molecule has 0 bridgehead atoms. The number of hydrogen-bond donors (Lipinski definition) is 1. The molecule has 6 rings (SSSR count). The molecule has 2 atom stereocenters. The number of amides is 1. The number of rotatable bonds is 11. The van der Waals surface area contributed by atoms with Crippen molar-refractivity contribution in [3.63, 3.8) is 0 Å². The van der Waals surface area contributed by atoms with Gasteiger partial charge in [0.25, 0.3) is 0 Å². The monoisotopic (exact) mass is 715 g/mol. The summed E-state index contributed by atoms with van der Waals surface area (Å²) in [6.45, 7) is 7.27. The Bertz CT molecular complexity index is 2010. The largest absolute Gasteiger partial charge is 0.458 e. The Hall–Kier alpha value is -5.40. The number of aryl methyl sites for hydroxylation is 1. The highest BCUT2D eigenvalue weighted by atomic mass is 35.5. The fraction of sp³-hybridized carbons (Fsp3) is 0.250. The van der Waals surface area contributed by atoms with E-state index in [1.54, 1.807) is 26.8 Å². The van der Waals surface area contributed by atoms with E-state index in [1.807, 2.05) is 116 Å². The van der Waals surface area contributed by atoms with Crippen molar-refractivity contribution in [3.8, 4) is 11.1 Å². The SMILES string of the molecule is Cc1ccc(C(OC(=O)CC[C@@H](NC(=O)OCC2c3ccccc3-c3ccccc32)C(=O)OC(C)(C)C)(c2ccccc2)c2ccccc2Cl)cc1. The number of ether oxygens (including phenoxy) is 3. The van der Waals surface area contributed by atoms with Crippen molar-refractivity contribution < 1.29 is 28.6 Å². The van der Waals surface area contributed by atoms with Crippen molar-refractivity contribution in [2.75, 3.05) is 6.61 Å². The van der Waals surface area contributed by atoms with E-state index in [-0.39, 0.29) is 25.4 Å². The number of carbonyl (C=O) groups is 3. The van der Waals surface area contributed by atoms with Crippen LogP contribution in [0.5, 0.6) is 0 Å². The van der Waals surface area contributed by atoms with Gasteiger partial charge in [0, 0.05) is 34.1 Å². The van der Waals surface area contributed by atoms with E-state index >= 15 is 0 Å². The first-order valence-corrected chi connectivity index (χ1v) is 17.8. The van der Waals surface area contributed by atoms with Crippen LogP contribution in [0.1, 0.15) is 72.9 Å². The number of carbonyl (C=O) groups excluding carboxylic acids is 3. The standard InChI is InChI=1S/C44H42ClNO6/c1-29-22-24-31(25-23-29)44(30-14-6-5-7-15-30,37-20-12-13-21-38(37)45)51-40(47)27-26-39(41(48)52-43(2,3)4)46-42(49)50-28-36-34-18-10-8-16-32(34)33-17-9-11-19-35(33)36/h5-25,36,39H,26-28H2,1-4H3,(H,46,49)/t39-,44?/m1/s1. The normalized spacial score (nSPS) is 13.9. The van der Waals surface area contributed by atoms with Gasteiger partial charge in [0.05, 0.1) is 0 Å². The number of esters is 2. The predicted octanol–water partition coefficient (Wildman–Crippen LogP) is 9.51. The van der Waals surface area contributed by atoms with Crippen molar-refractivity contribution in [3.05, 3.63) is 166 Å². The highest BCUT2D eigenvalue weighted by Gasteiger charge is 2.42. The third-order valence-electron chi connectivity index (χ3n) is 9.12. The van der Waals surface area contributed by atoms with Gasteiger partial charge in [-0.1, -0.05) is 138 Å². The average molecular weight is 716 g/mol. The smallest absolute Gasteiger partial charge is 0.407 e. The molecule has 5 aromatic carbocycles. The lowest BCUT2D eigenvalue weighted by Crippen LogP contribution is -2.45. The molecule has 0 saturated carbocycles. The third kappa shape index (κ3) is 7.90. The Morgan fingerprint density at radius 2 is 1.27 bits per heavy atom. The van der Waals surface area contributed by atoms with Crippen LogP contribution in [0.3, 0.4) is 0 Å². The molecule has 7 nitrogen and oxygen atoms in total. The molecule has 0 aromatic heterocycles. The predicted molar refractivity (Wildman–Crippen MR) is 202 cm³/mol. The van der Waals surface area contributed by atoms with E-state index in [0.29, 0.717) is 21.7 Å². The maximum atomic E-state index is 14.0. The summed E-state index contributed by atoms with van der Waals surface area (Å²) in [4.78, 5) is 40.8. The van der Waals surface area contributed by atoms with E-state index < -0.39 is 35.3 Å². The molecule has 1 aliphatic carbocycles. The van der Waals surface area contributed by atoms with Gasteiger partial charge in [-0.05, 0) is 62.4 Å². The summed E-state index contributed by atoms with van der Waals surface area (Å²) in [7, 11) is 0. The first kappa shape index (κ1) is 36.4. The van der Waals surface area contributed by atoms with Gasteiger partial charge in [-0.2, -0.15) is 0 Å². The van der Waals surface area contributed by atoms with Gasteiger partial charge in [0.2, 0.25) is 0 Å². The van der Waals surface area contributed by atoms with Gasteiger partial charge >= 0.3 is 18.0 Å². The minimum absolute atomic E-state index is 0.0664. The number of nitrogens with one attached hydrogen (secondary N) is 1. The summed E-state index contributed by atoms with van der Waals surface area (Å²) in [6, 6.07) is 39.3. The fourth-order valence-corrected chi connectivity index (χ4v) is 7.02. The molecule has 0 radical (unpaired) electrons. The van der Waals surface area contributed by atoms with Crippen LogP contribution >= 0.6 is 11.6 Å². The van der Waals surface area contributed by atoms with Crippen molar-refractivity contribution in [1.82, 2.24) is 5.32 Å². The van der Waals surface area contributed by atoms with Crippen LogP contribution in [0, 0.1) is 6.92 Å². The maximum absolute atomic E-state index is 14.0. The summed E-state index contributed by atoms with van der Waals surface area (Å²) in [5.41, 5.74) is 5.11. The molecule has 0 heterocycles. The average Bonchev–Trinajstić information content (AvgIpc) is 3.45. The minimum Gasteiger partial charge on any atom is -0.458 e. The molecule has 8 heteroatoms. The number of fused-ring (bicyclic) bond motifs is 3. The highest BCUT2D eigenvalue weighted by Crippen LogP contribution is 2.45. The molecule has 52 heavy (non-hydrogen) atoms. The molecule has 5 aromatic rings. The Balaban J connectivity index is 1.23. The highest BCUT2D eigenvalue weighted by molar-refractivity contribution is 6.31. The van der Waals surface area contributed by atoms with E-state index in [9.17, 15) is 14.4 Å². The van der Waals surface area contributed by atoms with Crippen molar-refractivity contribution in [1.29, 1.82) is 0 Å². The summed E-state index contributed by atoms with van der Waals surface area (Å²) < 4.78 is 17.9. The zero-order chi connectivity index (χ0) is 36.9. The molecule has 0 spiro atoms. The second kappa shape index (κ2) is 15.5.